The number of benzene rings is 1. The molecule has 0 saturated heterocycles. The minimum atomic E-state index is -1.19. The largest absolute Gasteiger partial charge is 0.480 e. The molecule has 0 bridgehead atoms. The van der Waals surface area contributed by atoms with Crippen LogP contribution in [-0.4, -0.2) is 24.4 Å². The number of fused-ring (bicyclic) bond motifs is 1. The van der Waals surface area contributed by atoms with Crippen molar-refractivity contribution in [3.63, 3.8) is 0 Å². The van der Waals surface area contributed by atoms with Gasteiger partial charge < -0.3 is 14.6 Å². The molecule has 1 aliphatic heterocycles. The summed E-state index contributed by atoms with van der Waals surface area (Å²) in [5, 5.41) is 12.3. The van der Waals surface area contributed by atoms with Crippen molar-refractivity contribution in [1.29, 1.82) is 0 Å². The fourth-order valence-corrected chi connectivity index (χ4v) is 1.78. The van der Waals surface area contributed by atoms with E-state index >= 15 is 0 Å². The van der Waals surface area contributed by atoms with Gasteiger partial charge in [0, 0.05) is 6.54 Å². The monoisotopic (exact) mass is 249 g/mol. The first kappa shape index (κ1) is 12.4. The highest BCUT2D eigenvalue weighted by Crippen LogP contribution is 2.35. The van der Waals surface area contributed by atoms with E-state index in [4.69, 9.17) is 9.47 Å². The number of carboxylic acids is 1. The third-order valence-corrected chi connectivity index (χ3v) is 2.98. The number of hydrogen-bond acceptors (Lipinski definition) is 4. The van der Waals surface area contributed by atoms with Gasteiger partial charge in [-0.2, -0.15) is 0 Å². The van der Waals surface area contributed by atoms with Crippen LogP contribution in [-0.2, 0) is 10.3 Å². The van der Waals surface area contributed by atoms with Gasteiger partial charge in [-0.25, -0.2) is 4.79 Å². The van der Waals surface area contributed by atoms with Gasteiger partial charge in [0.25, 0.3) is 0 Å². The molecule has 1 unspecified atom stereocenters. The quantitative estimate of drug-likeness (QED) is 0.774. The van der Waals surface area contributed by atoms with Gasteiger partial charge in [0.2, 0.25) is 6.79 Å². The van der Waals surface area contributed by atoms with Gasteiger partial charge >= 0.3 is 5.97 Å². The van der Waals surface area contributed by atoms with Crippen molar-refractivity contribution >= 4 is 5.97 Å². The Hall–Kier alpha value is -2.01. The summed E-state index contributed by atoms with van der Waals surface area (Å²) in [6.07, 6.45) is 1.62. The van der Waals surface area contributed by atoms with Gasteiger partial charge in [-0.1, -0.05) is 12.1 Å². The Morgan fingerprint density at radius 3 is 2.94 bits per heavy atom. The number of aliphatic carboxylic acids is 1. The second-order valence-corrected chi connectivity index (χ2v) is 4.17. The Labute approximate surface area is 105 Å². The zero-order valence-corrected chi connectivity index (χ0v) is 10.1. The van der Waals surface area contributed by atoms with Crippen LogP contribution >= 0.6 is 0 Å². The van der Waals surface area contributed by atoms with E-state index in [0.29, 0.717) is 23.6 Å². The second kappa shape index (κ2) is 4.70. The molecule has 0 radical (unpaired) electrons. The molecule has 0 amide bonds. The van der Waals surface area contributed by atoms with Crippen molar-refractivity contribution in [1.82, 2.24) is 5.32 Å². The molecule has 1 aliphatic rings. The zero-order chi connectivity index (χ0) is 13.2. The van der Waals surface area contributed by atoms with E-state index in [1.165, 1.54) is 0 Å². The number of carboxylic acid groups (broad SMARTS) is 1. The third-order valence-electron chi connectivity index (χ3n) is 2.98. The summed E-state index contributed by atoms with van der Waals surface area (Å²) in [4.78, 5) is 11.5. The van der Waals surface area contributed by atoms with Crippen LogP contribution in [0.4, 0.5) is 0 Å². The fraction of sp³-hybridized carbons (Fsp3) is 0.308. The molecule has 0 fully saturated rings. The van der Waals surface area contributed by atoms with E-state index in [0.717, 1.165) is 0 Å². The number of carbonyl (C=O) groups is 1. The Morgan fingerprint density at radius 2 is 2.28 bits per heavy atom. The number of ether oxygens (including phenoxy) is 2. The molecular formula is C13H15NO4. The minimum absolute atomic E-state index is 0.169. The lowest BCUT2D eigenvalue weighted by atomic mass is 9.91. The predicted octanol–water partition coefficient (Wildman–Crippen LogP) is 1.49. The maximum Gasteiger partial charge on any atom is 0.328 e. The maximum atomic E-state index is 11.5. The van der Waals surface area contributed by atoms with Crippen molar-refractivity contribution in [2.75, 3.05) is 13.3 Å². The van der Waals surface area contributed by atoms with E-state index in [1.807, 2.05) is 0 Å². The van der Waals surface area contributed by atoms with Crippen LogP contribution in [0, 0.1) is 0 Å². The van der Waals surface area contributed by atoms with Gasteiger partial charge in [0.05, 0.1) is 0 Å². The van der Waals surface area contributed by atoms with E-state index < -0.39 is 11.5 Å². The van der Waals surface area contributed by atoms with Crippen LogP contribution in [0.5, 0.6) is 11.5 Å². The van der Waals surface area contributed by atoms with E-state index in [1.54, 1.807) is 31.2 Å². The Kier molecular flexibility index (Phi) is 3.25. The molecule has 0 aromatic heterocycles. The number of nitrogens with one attached hydrogen (secondary N) is 1. The van der Waals surface area contributed by atoms with E-state index in [2.05, 4.69) is 11.9 Å². The summed E-state index contributed by atoms with van der Waals surface area (Å²) >= 11 is 0. The maximum absolute atomic E-state index is 11.5. The van der Waals surface area contributed by atoms with Crippen molar-refractivity contribution in [3.8, 4) is 11.5 Å². The van der Waals surface area contributed by atoms with Crippen LogP contribution in [0.25, 0.3) is 0 Å². The minimum Gasteiger partial charge on any atom is -0.480 e. The summed E-state index contributed by atoms with van der Waals surface area (Å²) in [6.45, 7) is 5.75. The molecule has 18 heavy (non-hydrogen) atoms. The molecule has 2 N–H and O–H groups in total. The second-order valence-electron chi connectivity index (χ2n) is 4.17. The van der Waals surface area contributed by atoms with Gasteiger partial charge in [0.15, 0.2) is 11.5 Å². The van der Waals surface area contributed by atoms with Crippen molar-refractivity contribution in [2.24, 2.45) is 0 Å². The van der Waals surface area contributed by atoms with Crippen LogP contribution in [0.2, 0.25) is 0 Å². The van der Waals surface area contributed by atoms with Crippen LogP contribution in [0.1, 0.15) is 12.5 Å². The number of hydrogen-bond donors (Lipinski definition) is 2. The lowest BCUT2D eigenvalue weighted by Gasteiger charge is -2.26. The predicted molar refractivity (Wildman–Crippen MR) is 65.8 cm³/mol. The van der Waals surface area contributed by atoms with Gasteiger partial charge in [-0.15, -0.1) is 6.58 Å². The summed E-state index contributed by atoms with van der Waals surface area (Å²) in [6, 6.07) is 5.12. The summed E-state index contributed by atoms with van der Waals surface area (Å²) < 4.78 is 10.5. The molecule has 1 atom stereocenters. The lowest BCUT2D eigenvalue weighted by Crippen LogP contribution is -2.46. The van der Waals surface area contributed by atoms with E-state index in [-0.39, 0.29) is 6.79 Å². The highest BCUT2D eigenvalue weighted by atomic mass is 16.7. The first-order chi connectivity index (χ1) is 8.58. The molecule has 1 aromatic carbocycles. The third kappa shape index (κ3) is 2.04. The lowest BCUT2D eigenvalue weighted by molar-refractivity contribution is -0.144. The average molecular weight is 249 g/mol. The van der Waals surface area contributed by atoms with Crippen molar-refractivity contribution in [3.05, 3.63) is 36.4 Å². The Morgan fingerprint density at radius 1 is 1.56 bits per heavy atom. The first-order valence-electron chi connectivity index (χ1n) is 5.57. The van der Waals surface area contributed by atoms with E-state index in [9.17, 15) is 9.90 Å². The molecular weight excluding hydrogens is 234 g/mol. The molecule has 0 spiro atoms. The standard InChI is InChI=1S/C13H15NO4/c1-3-6-14-13(2,12(15)16)9-4-5-10-11(7-9)18-8-17-10/h3-5,7,14H,1,6,8H2,2H3,(H,15,16). The fourth-order valence-electron chi connectivity index (χ4n) is 1.78. The molecule has 0 aliphatic carbocycles. The molecule has 96 valence electrons. The van der Waals surface area contributed by atoms with Crippen molar-refractivity contribution in [2.45, 2.75) is 12.5 Å². The Bertz CT molecular complexity index is 486. The van der Waals surface area contributed by atoms with Crippen LogP contribution in [0.3, 0.4) is 0 Å². The molecule has 1 aromatic rings. The smallest absolute Gasteiger partial charge is 0.328 e. The highest BCUT2D eigenvalue weighted by molar-refractivity contribution is 5.80. The molecule has 1 heterocycles. The SMILES string of the molecule is C=CCNC(C)(C(=O)O)c1ccc2c(c1)OCO2. The van der Waals surface area contributed by atoms with Crippen molar-refractivity contribution < 1.29 is 19.4 Å². The Balaban J connectivity index is 2.36. The van der Waals surface area contributed by atoms with Crippen LogP contribution in [0.15, 0.2) is 30.9 Å². The summed E-state index contributed by atoms with van der Waals surface area (Å²) in [5.74, 6) is 0.249. The molecule has 5 heteroatoms. The van der Waals surface area contributed by atoms with Gasteiger partial charge in [-0.05, 0) is 24.6 Å². The highest BCUT2D eigenvalue weighted by Gasteiger charge is 2.35. The normalized spacial score (nSPS) is 16.1. The summed E-state index contributed by atoms with van der Waals surface area (Å²) in [7, 11) is 0. The summed E-state index contributed by atoms with van der Waals surface area (Å²) in [5.41, 5.74) is -0.573. The zero-order valence-electron chi connectivity index (χ0n) is 10.1. The molecule has 0 saturated carbocycles. The van der Waals surface area contributed by atoms with Gasteiger partial charge in [-0.3, -0.25) is 5.32 Å². The average Bonchev–Trinajstić information content (AvgIpc) is 2.82. The topological polar surface area (TPSA) is 67.8 Å². The van der Waals surface area contributed by atoms with Crippen LogP contribution < -0.4 is 14.8 Å². The number of rotatable bonds is 5. The van der Waals surface area contributed by atoms with Gasteiger partial charge in [0.1, 0.15) is 5.54 Å². The molecule has 5 nitrogen and oxygen atoms in total. The first-order valence-corrected chi connectivity index (χ1v) is 5.57. The molecule has 2 rings (SSSR count).